The molecule has 0 saturated heterocycles. The molecule has 2 atom stereocenters. The molecule has 3 heterocycles. The lowest BCUT2D eigenvalue weighted by atomic mass is 9.79. The van der Waals surface area contributed by atoms with E-state index in [1.54, 1.807) is 0 Å². The number of nitrogens with zero attached hydrogens (tertiary/aromatic N) is 1. The Labute approximate surface area is 146 Å². The van der Waals surface area contributed by atoms with Crippen LogP contribution in [0.4, 0.5) is 13.2 Å². The quantitative estimate of drug-likeness (QED) is 0.821. The van der Waals surface area contributed by atoms with Gasteiger partial charge in [0.25, 0.3) is 0 Å². The smallest absolute Gasteiger partial charge is 0.337 e. The molecule has 138 valence electrons. The average molecular weight is 368 g/mol. The van der Waals surface area contributed by atoms with Crippen LogP contribution in [0.5, 0.6) is 0 Å². The van der Waals surface area contributed by atoms with Gasteiger partial charge in [-0.05, 0) is 12.5 Å². The molecule has 0 amide bonds. The minimum Gasteiger partial charge on any atom is -0.466 e. The molecular weight excluding hydrogens is 353 g/mol. The third-order valence-electron chi connectivity index (χ3n) is 4.31. The Kier molecular flexibility index (Phi) is 4.71. The number of hydrogen-bond acceptors (Lipinski definition) is 6. The molecule has 6 nitrogen and oxygen atoms in total. The maximum atomic E-state index is 14.2. The first-order valence-corrected chi connectivity index (χ1v) is 7.72. The van der Waals surface area contributed by atoms with E-state index in [4.69, 9.17) is 9.47 Å². The molecule has 0 saturated carbocycles. The molecule has 1 aromatic heterocycles. The molecule has 0 aromatic carbocycles. The van der Waals surface area contributed by atoms with Crippen LogP contribution in [-0.4, -0.2) is 37.3 Å². The van der Waals surface area contributed by atoms with Crippen LogP contribution < -0.4 is 5.32 Å². The number of carbonyl (C=O) groups excluding carboxylic acids is 2. The predicted molar refractivity (Wildman–Crippen MR) is 82.6 cm³/mol. The van der Waals surface area contributed by atoms with Crippen molar-refractivity contribution in [3.05, 3.63) is 51.9 Å². The van der Waals surface area contributed by atoms with Gasteiger partial charge in [-0.1, -0.05) is 0 Å². The molecule has 9 heteroatoms. The van der Waals surface area contributed by atoms with Crippen LogP contribution in [0.3, 0.4) is 0 Å². The summed E-state index contributed by atoms with van der Waals surface area (Å²) in [4.78, 5) is 28.2. The number of nitrogens with one attached hydrogen (secondary N) is 1. The number of methoxy groups -OCH3 is 1. The van der Waals surface area contributed by atoms with Crippen molar-refractivity contribution in [1.82, 2.24) is 10.3 Å². The van der Waals surface area contributed by atoms with E-state index in [0.717, 1.165) is 26.4 Å². The average Bonchev–Trinajstić information content (AvgIpc) is 2.99. The van der Waals surface area contributed by atoms with E-state index < -0.39 is 36.5 Å². The number of ether oxygens (including phenoxy) is 2. The van der Waals surface area contributed by atoms with Gasteiger partial charge in [-0.2, -0.15) is 0 Å². The number of dihydropyridines is 1. The van der Waals surface area contributed by atoms with E-state index in [-0.39, 0.29) is 40.3 Å². The summed E-state index contributed by atoms with van der Waals surface area (Å²) in [5.74, 6) is -3.88. The topological polar surface area (TPSA) is 77.5 Å². The molecule has 0 radical (unpaired) electrons. The van der Waals surface area contributed by atoms with Crippen LogP contribution in [0.25, 0.3) is 0 Å². The second-order valence-corrected chi connectivity index (χ2v) is 5.78. The Hall–Kier alpha value is -2.84. The molecular formula is C17H15F3N2O4. The summed E-state index contributed by atoms with van der Waals surface area (Å²) >= 11 is 0. The minimum atomic E-state index is -1.75. The molecule has 2 aliphatic rings. The van der Waals surface area contributed by atoms with Crippen LogP contribution in [0.2, 0.25) is 0 Å². The number of allylic oxidation sites excluding steroid dienone is 1. The number of esters is 2. The van der Waals surface area contributed by atoms with Crippen LogP contribution in [0.1, 0.15) is 30.1 Å². The Morgan fingerprint density at radius 1 is 1.50 bits per heavy atom. The van der Waals surface area contributed by atoms with Gasteiger partial charge in [-0.3, -0.25) is 4.98 Å². The largest absolute Gasteiger partial charge is 0.466 e. The summed E-state index contributed by atoms with van der Waals surface area (Å²) in [5.41, 5.74) is -0.598. The van der Waals surface area contributed by atoms with Gasteiger partial charge in [0, 0.05) is 11.8 Å². The molecule has 2 aliphatic heterocycles. The molecule has 0 fully saturated rings. The van der Waals surface area contributed by atoms with Crippen LogP contribution in [0.15, 0.2) is 34.9 Å². The molecule has 0 aliphatic carbocycles. The van der Waals surface area contributed by atoms with Crippen molar-refractivity contribution >= 4 is 11.9 Å². The fourth-order valence-corrected chi connectivity index (χ4v) is 3.26. The zero-order valence-electron chi connectivity index (χ0n) is 13.9. The lowest BCUT2D eigenvalue weighted by molar-refractivity contribution is -0.136. The van der Waals surface area contributed by atoms with E-state index in [2.05, 4.69) is 10.3 Å². The summed E-state index contributed by atoms with van der Waals surface area (Å²) in [6.07, 6.45) is 0.229. The monoisotopic (exact) mass is 368 g/mol. The van der Waals surface area contributed by atoms with Gasteiger partial charge in [0.05, 0.1) is 41.8 Å². The van der Waals surface area contributed by atoms with Crippen molar-refractivity contribution in [3.8, 4) is 0 Å². The Balaban J connectivity index is 2.31. The molecule has 26 heavy (non-hydrogen) atoms. The van der Waals surface area contributed by atoms with Gasteiger partial charge in [0.2, 0.25) is 0 Å². The fourth-order valence-electron chi connectivity index (χ4n) is 3.26. The van der Waals surface area contributed by atoms with Crippen LogP contribution in [-0.2, 0) is 19.1 Å². The second kappa shape index (κ2) is 6.81. The maximum absolute atomic E-state index is 14.2. The summed E-state index contributed by atoms with van der Waals surface area (Å²) < 4.78 is 51.6. The van der Waals surface area contributed by atoms with Crippen molar-refractivity contribution in [2.24, 2.45) is 0 Å². The lowest BCUT2D eigenvalue weighted by Gasteiger charge is -2.29. The highest BCUT2D eigenvalue weighted by Gasteiger charge is 2.44. The summed E-state index contributed by atoms with van der Waals surface area (Å²) in [6.45, 7) is -0.121. The number of hydrogen-bond donors (Lipinski definition) is 1. The van der Waals surface area contributed by atoms with Crippen molar-refractivity contribution in [2.45, 2.75) is 19.0 Å². The first-order chi connectivity index (χ1) is 12.4. The van der Waals surface area contributed by atoms with Crippen molar-refractivity contribution < 1.29 is 32.2 Å². The van der Waals surface area contributed by atoms with Crippen molar-refractivity contribution in [3.63, 3.8) is 0 Å². The lowest BCUT2D eigenvalue weighted by Crippen LogP contribution is -2.32. The molecule has 0 spiro atoms. The summed E-state index contributed by atoms with van der Waals surface area (Å²) in [6, 6.07) is 0. The summed E-state index contributed by atoms with van der Waals surface area (Å²) in [5, 5.41) is 2.65. The standard InChI is InChI=1S/C17H15F3N2O4/c1-7(19)12-8(4-21-5-9(12)20)13-14(16(23)25-2)10(3-18)22-11-6-26-17(24)15(11)13/h4-5,7,13,22H,3,6H2,1-2H3/t7-,13+/m1/s1. The highest BCUT2D eigenvalue weighted by atomic mass is 19.1. The maximum Gasteiger partial charge on any atom is 0.337 e. The van der Waals surface area contributed by atoms with E-state index in [0.29, 0.717) is 0 Å². The normalized spacial score (nSPS) is 20.5. The SMILES string of the molecule is COC(=O)C1=C(CF)NC2=C(C(=O)OC2)[C@H]1c1cncc(F)c1[C@@H](C)F. The van der Waals surface area contributed by atoms with Gasteiger partial charge in [-0.25, -0.2) is 22.8 Å². The molecule has 1 aromatic rings. The number of carbonyl (C=O) groups is 2. The van der Waals surface area contributed by atoms with E-state index in [9.17, 15) is 22.8 Å². The number of rotatable bonds is 4. The number of pyridine rings is 1. The van der Waals surface area contributed by atoms with E-state index >= 15 is 0 Å². The zero-order chi connectivity index (χ0) is 19.0. The van der Waals surface area contributed by atoms with Crippen molar-refractivity contribution in [2.75, 3.05) is 20.4 Å². The number of alkyl halides is 2. The summed E-state index contributed by atoms with van der Waals surface area (Å²) in [7, 11) is 1.08. The molecule has 0 bridgehead atoms. The van der Waals surface area contributed by atoms with Gasteiger partial charge in [-0.15, -0.1) is 0 Å². The van der Waals surface area contributed by atoms with Gasteiger partial charge < -0.3 is 14.8 Å². The van der Waals surface area contributed by atoms with Gasteiger partial charge >= 0.3 is 11.9 Å². The highest BCUT2D eigenvalue weighted by molar-refractivity contribution is 6.01. The predicted octanol–water partition coefficient (Wildman–Crippen LogP) is 2.15. The Morgan fingerprint density at radius 2 is 2.23 bits per heavy atom. The first-order valence-electron chi connectivity index (χ1n) is 7.72. The molecule has 1 N–H and O–H groups in total. The van der Waals surface area contributed by atoms with Crippen molar-refractivity contribution in [1.29, 1.82) is 0 Å². The molecule has 3 rings (SSSR count). The number of halogens is 3. The Bertz CT molecular complexity index is 848. The third-order valence-corrected chi connectivity index (χ3v) is 4.31. The number of aromatic nitrogens is 1. The fraction of sp³-hybridized carbons (Fsp3) is 0.353. The van der Waals surface area contributed by atoms with Gasteiger partial charge in [0.1, 0.15) is 25.3 Å². The zero-order valence-corrected chi connectivity index (χ0v) is 13.9. The first kappa shape index (κ1) is 18.0. The number of cyclic esters (lactones) is 1. The van der Waals surface area contributed by atoms with E-state index in [1.807, 2.05) is 0 Å². The molecule has 0 unspecified atom stereocenters. The van der Waals surface area contributed by atoms with E-state index in [1.165, 1.54) is 0 Å². The van der Waals surface area contributed by atoms with Crippen LogP contribution in [0, 0.1) is 5.82 Å². The third kappa shape index (κ3) is 2.73. The van der Waals surface area contributed by atoms with Gasteiger partial charge in [0.15, 0.2) is 0 Å². The Morgan fingerprint density at radius 3 is 2.85 bits per heavy atom. The van der Waals surface area contributed by atoms with Crippen LogP contribution >= 0.6 is 0 Å². The minimum absolute atomic E-state index is 0.0168. The highest BCUT2D eigenvalue weighted by Crippen LogP contribution is 2.44. The second-order valence-electron chi connectivity index (χ2n) is 5.78.